The van der Waals surface area contributed by atoms with Crippen LogP contribution in [0.1, 0.15) is 44.0 Å². The number of piperidine rings is 1. The van der Waals surface area contributed by atoms with Gasteiger partial charge in [-0.15, -0.1) is 11.3 Å². The molecule has 7 heteroatoms. The number of carbonyl (C=O) groups is 2. The molecule has 2 aromatic carbocycles. The van der Waals surface area contributed by atoms with Crippen LogP contribution in [0.3, 0.4) is 0 Å². The zero-order valence-corrected chi connectivity index (χ0v) is 20.3. The number of aryl methyl sites for hydroxylation is 1. The van der Waals surface area contributed by atoms with Gasteiger partial charge < -0.3 is 15.0 Å². The zero-order chi connectivity index (χ0) is 23.4. The summed E-state index contributed by atoms with van der Waals surface area (Å²) in [7, 11) is 1.67. The van der Waals surface area contributed by atoms with Crippen molar-refractivity contribution in [2.45, 2.75) is 26.2 Å². The highest BCUT2D eigenvalue weighted by molar-refractivity contribution is 7.18. The topological polar surface area (TPSA) is 58.6 Å². The Morgan fingerprint density at radius 2 is 1.82 bits per heavy atom. The van der Waals surface area contributed by atoms with E-state index in [9.17, 15) is 9.59 Å². The van der Waals surface area contributed by atoms with E-state index < -0.39 is 0 Å². The Morgan fingerprint density at radius 3 is 2.48 bits per heavy atom. The lowest BCUT2D eigenvalue weighted by Crippen LogP contribution is -2.38. The van der Waals surface area contributed by atoms with Gasteiger partial charge >= 0.3 is 0 Å². The van der Waals surface area contributed by atoms with Crippen molar-refractivity contribution in [2.75, 3.05) is 25.5 Å². The number of thiophene rings is 1. The fraction of sp³-hybridized carbons (Fsp3) is 0.308. The maximum Gasteiger partial charge on any atom is 0.264 e. The Morgan fingerprint density at radius 1 is 1.12 bits per heavy atom. The van der Waals surface area contributed by atoms with Crippen molar-refractivity contribution >= 4 is 39.8 Å². The fourth-order valence-electron chi connectivity index (χ4n) is 4.16. The smallest absolute Gasteiger partial charge is 0.264 e. The van der Waals surface area contributed by atoms with Crippen LogP contribution < -0.4 is 10.1 Å². The summed E-state index contributed by atoms with van der Waals surface area (Å²) in [6, 6.07) is 17.0. The summed E-state index contributed by atoms with van der Waals surface area (Å²) in [6.45, 7) is 3.40. The molecule has 5 nitrogen and oxygen atoms in total. The van der Waals surface area contributed by atoms with Crippen molar-refractivity contribution in [2.24, 2.45) is 5.92 Å². The lowest BCUT2D eigenvalue weighted by atomic mass is 9.90. The summed E-state index contributed by atoms with van der Waals surface area (Å²) in [4.78, 5) is 28.3. The molecule has 0 atom stereocenters. The lowest BCUT2D eigenvalue weighted by molar-refractivity contribution is 0.0694. The zero-order valence-electron chi connectivity index (χ0n) is 18.8. The first-order valence-corrected chi connectivity index (χ1v) is 12.2. The number of hydrogen-bond acceptors (Lipinski definition) is 4. The first kappa shape index (κ1) is 23.3. The third-order valence-electron chi connectivity index (χ3n) is 6.05. The number of benzene rings is 2. The molecular formula is C26H27ClN2O3S. The van der Waals surface area contributed by atoms with Crippen LogP contribution >= 0.6 is 22.9 Å². The van der Waals surface area contributed by atoms with E-state index in [4.69, 9.17) is 16.3 Å². The van der Waals surface area contributed by atoms with Gasteiger partial charge in [0.2, 0.25) is 0 Å². The standard InChI is InChI=1S/C26H27ClN2O3S/c1-17-15-23(28-25(30)21-5-3-4-6-22(21)27)33-24(17)26(31)29-13-11-19(12-14-29)16-18-7-9-20(32-2)10-8-18/h3-10,15,19H,11-14,16H2,1-2H3,(H,28,30). The molecule has 1 aliphatic heterocycles. The number of hydrogen-bond donors (Lipinski definition) is 1. The second kappa shape index (κ2) is 10.4. The first-order chi connectivity index (χ1) is 15.9. The van der Waals surface area contributed by atoms with Crippen molar-refractivity contribution in [1.29, 1.82) is 0 Å². The molecule has 1 aromatic heterocycles. The Bertz CT molecular complexity index is 1130. The fourth-order valence-corrected chi connectivity index (χ4v) is 5.42. The summed E-state index contributed by atoms with van der Waals surface area (Å²) in [5, 5.41) is 3.92. The number of rotatable bonds is 6. The third kappa shape index (κ3) is 5.57. The molecule has 0 spiro atoms. The Balaban J connectivity index is 1.34. The van der Waals surface area contributed by atoms with Crippen LogP contribution in [0.2, 0.25) is 5.02 Å². The van der Waals surface area contributed by atoms with Gasteiger partial charge in [0, 0.05) is 13.1 Å². The summed E-state index contributed by atoms with van der Waals surface area (Å²) < 4.78 is 5.23. The van der Waals surface area contributed by atoms with Gasteiger partial charge in [0.15, 0.2) is 0 Å². The molecule has 1 N–H and O–H groups in total. The molecule has 1 fully saturated rings. The Hall–Kier alpha value is -2.83. The van der Waals surface area contributed by atoms with Gasteiger partial charge in [-0.1, -0.05) is 35.9 Å². The monoisotopic (exact) mass is 482 g/mol. The molecule has 0 saturated carbocycles. The SMILES string of the molecule is COc1ccc(CC2CCN(C(=O)c3sc(NC(=O)c4ccccc4Cl)cc3C)CC2)cc1. The van der Waals surface area contributed by atoms with Gasteiger partial charge in [-0.3, -0.25) is 9.59 Å². The van der Waals surface area contributed by atoms with Gasteiger partial charge in [-0.2, -0.15) is 0 Å². The number of likely N-dealkylation sites (tertiary alicyclic amines) is 1. The maximum absolute atomic E-state index is 13.2. The predicted octanol–water partition coefficient (Wildman–Crippen LogP) is 6.07. The third-order valence-corrected chi connectivity index (χ3v) is 7.52. The van der Waals surface area contributed by atoms with Crippen LogP contribution in [0, 0.1) is 12.8 Å². The Labute approximate surface area is 203 Å². The molecule has 33 heavy (non-hydrogen) atoms. The first-order valence-electron chi connectivity index (χ1n) is 11.0. The van der Waals surface area contributed by atoms with Crippen LogP contribution in [0.5, 0.6) is 5.75 Å². The highest BCUT2D eigenvalue weighted by atomic mass is 35.5. The van der Waals surface area contributed by atoms with E-state index in [1.807, 2.05) is 30.0 Å². The summed E-state index contributed by atoms with van der Waals surface area (Å²) in [5.74, 6) is 1.20. The average Bonchev–Trinajstić information content (AvgIpc) is 3.19. The number of nitrogens with one attached hydrogen (secondary N) is 1. The molecule has 0 radical (unpaired) electrons. The Kier molecular flexibility index (Phi) is 7.36. The van der Waals surface area contributed by atoms with Gasteiger partial charge in [-0.25, -0.2) is 0 Å². The van der Waals surface area contributed by atoms with Crippen LogP contribution in [-0.4, -0.2) is 36.9 Å². The van der Waals surface area contributed by atoms with E-state index >= 15 is 0 Å². The molecule has 0 aliphatic carbocycles. The molecule has 1 aliphatic rings. The second-order valence-corrected chi connectivity index (χ2v) is 9.80. The number of amides is 2. The lowest BCUT2D eigenvalue weighted by Gasteiger charge is -2.32. The molecule has 0 unspecified atom stereocenters. The normalized spacial score (nSPS) is 14.2. The van der Waals surface area contributed by atoms with Crippen molar-refractivity contribution in [3.8, 4) is 5.75 Å². The van der Waals surface area contributed by atoms with Gasteiger partial charge in [-0.05, 0) is 73.6 Å². The van der Waals surface area contributed by atoms with E-state index in [-0.39, 0.29) is 11.8 Å². The van der Waals surface area contributed by atoms with E-state index in [2.05, 4.69) is 17.4 Å². The van der Waals surface area contributed by atoms with Crippen molar-refractivity contribution in [3.63, 3.8) is 0 Å². The number of nitrogens with zero attached hydrogens (tertiary/aromatic N) is 1. The van der Waals surface area contributed by atoms with Crippen molar-refractivity contribution in [1.82, 2.24) is 4.90 Å². The number of halogens is 1. The van der Waals surface area contributed by atoms with Crippen molar-refractivity contribution < 1.29 is 14.3 Å². The van der Waals surface area contributed by atoms with Crippen LogP contribution in [0.4, 0.5) is 5.00 Å². The highest BCUT2D eigenvalue weighted by Crippen LogP contribution is 2.31. The molecule has 172 valence electrons. The minimum atomic E-state index is -0.278. The predicted molar refractivity (Wildman–Crippen MR) is 134 cm³/mol. The molecule has 3 aromatic rings. The van der Waals surface area contributed by atoms with E-state index in [1.54, 1.807) is 31.4 Å². The number of carbonyl (C=O) groups excluding carboxylic acids is 2. The summed E-state index contributed by atoms with van der Waals surface area (Å²) in [5.41, 5.74) is 2.59. The van der Waals surface area contributed by atoms with E-state index in [0.29, 0.717) is 26.4 Å². The average molecular weight is 483 g/mol. The summed E-state index contributed by atoms with van der Waals surface area (Å²) in [6.07, 6.45) is 2.98. The van der Waals surface area contributed by atoms with Crippen LogP contribution in [0.15, 0.2) is 54.6 Å². The molecular weight excluding hydrogens is 456 g/mol. The minimum Gasteiger partial charge on any atom is -0.497 e. The molecule has 2 amide bonds. The van der Waals surface area contributed by atoms with Crippen LogP contribution in [-0.2, 0) is 6.42 Å². The van der Waals surface area contributed by atoms with E-state index in [1.165, 1.54) is 16.9 Å². The molecule has 0 bridgehead atoms. The number of ether oxygens (including phenoxy) is 1. The number of anilines is 1. The minimum absolute atomic E-state index is 0.0404. The maximum atomic E-state index is 13.2. The largest absolute Gasteiger partial charge is 0.497 e. The van der Waals surface area contributed by atoms with E-state index in [0.717, 1.165) is 43.7 Å². The van der Waals surface area contributed by atoms with Gasteiger partial charge in [0.05, 0.1) is 27.6 Å². The quantitative estimate of drug-likeness (QED) is 0.464. The second-order valence-electron chi connectivity index (χ2n) is 8.34. The number of methoxy groups -OCH3 is 1. The highest BCUT2D eigenvalue weighted by Gasteiger charge is 2.26. The van der Waals surface area contributed by atoms with Crippen LogP contribution in [0.25, 0.3) is 0 Å². The van der Waals surface area contributed by atoms with Crippen molar-refractivity contribution in [3.05, 3.63) is 81.2 Å². The summed E-state index contributed by atoms with van der Waals surface area (Å²) >= 11 is 7.45. The molecule has 2 heterocycles. The molecule has 1 saturated heterocycles. The van der Waals surface area contributed by atoms with Gasteiger partial charge in [0.1, 0.15) is 5.75 Å². The van der Waals surface area contributed by atoms with Gasteiger partial charge in [0.25, 0.3) is 11.8 Å². The molecule has 4 rings (SSSR count).